The molecule has 0 aliphatic carbocycles. The average Bonchev–Trinajstić information content (AvgIpc) is 2.04. The lowest BCUT2D eigenvalue weighted by molar-refractivity contribution is -0.109. The monoisotopic (exact) mass is 170 g/mol. The smallest absolute Gasteiger partial charge is 0.196 e. The summed E-state index contributed by atoms with van der Waals surface area (Å²) >= 11 is 4.69. The molecule has 0 unspecified atom stereocenters. The summed E-state index contributed by atoms with van der Waals surface area (Å²) < 4.78 is 5.29. The topological polar surface area (TPSA) is 55.0 Å². The van der Waals surface area contributed by atoms with Crippen molar-refractivity contribution in [2.75, 3.05) is 6.61 Å². The van der Waals surface area contributed by atoms with Gasteiger partial charge in [-0.05, 0) is 12.2 Å². The van der Waals surface area contributed by atoms with Gasteiger partial charge in [0, 0.05) is 6.20 Å². The van der Waals surface area contributed by atoms with Crippen LogP contribution >= 0.6 is 12.2 Å². The van der Waals surface area contributed by atoms with E-state index in [0.717, 1.165) is 0 Å². The second-order valence-corrected chi connectivity index (χ2v) is 2.12. The number of aldehydes is 1. The Morgan fingerprint density at radius 1 is 1.82 bits per heavy atom. The van der Waals surface area contributed by atoms with Gasteiger partial charge in [0.15, 0.2) is 16.8 Å². The molecule has 0 radical (unpaired) electrons. The molecule has 1 heterocycles. The fourth-order valence-corrected chi connectivity index (χ4v) is 0.650. The molecule has 58 valence electrons. The van der Waals surface area contributed by atoms with Gasteiger partial charge in [-0.1, -0.05) is 0 Å². The summed E-state index contributed by atoms with van der Waals surface area (Å²) in [5.41, 5.74) is 0. The van der Waals surface area contributed by atoms with E-state index in [1.165, 1.54) is 6.20 Å². The Hall–Kier alpha value is -1.23. The number of nitrogens with one attached hydrogen (secondary N) is 1. The van der Waals surface area contributed by atoms with Gasteiger partial charge < -0.3 is 9.72 Å². The number of rotatable bonds is 3. The normalized spacial score (nSPS) is 9.09. The predicted molar refractivity (Wildman–Crippen MR) is 41.0 cm³/mol. The molecule has 0 amide bonds. The van der Waals surface area contributed by atoms with Crippen LogP contribution < -0.4 is 4.74 Å². The first-order valence-corrected chi connectivity index (χ1v) is 3.35. The summed E-state index contributed by atoms with van der Waals surface area (Å²) in [6, 6.07) is 0. The number of aromatic amines is 1. The maximum Gasteiger partial charge on any atom is 0.196 e. The van der Waals surface area contributed by atoms with Crippen molar-refractivity contribution < 1.29 is 9.53 Å². The van der Waals surface area contributed by atoms with E-state index in [0.29, 0.717) is 16.8 Å². The summed E-state index contributed by atoms with van der Waals surface area (Å²) in [6.07, 6.45) is 3.68. The first-order valence-electron chi connectivity index (χ1n) is 2.94. The first kappa shape index (κ1) is 7.87. The number of H-pyrrole nitrogens is 1. The molecule has 1 rings (SSSR count). The van der Waals surface area contributed by atoms with Crippen LogP contribution in [-0.2, 0) is 4.79 Å². The number of hydrogen-bond donors (Lipinski definition) is 1. The standard InChI is InChI=1S/C6H6N2O2S/c9-1-2-10-5-3-7-6(11)8-4-5/h1,3-4H,2H2,(H,7,8,11). The van der Waals surface area contributed by atoms with E-state index < -0.39 is 0 Å². The van der Waals surface area contributed by atoms with E-state index in [4.69, 9.17) is 17.0 Å². The molecular weight excluding hydrogens is 164 g/mol. The van der Waals surface area contributed by atoms with Crippen molar-refractivity contribution in [1.82, 2.24) is 9.97 Å². The highest BCUT2D eigenvalue weighted by Crippen LogP contribution is 2.03. The van der Waals surface area contributed by atoms with Gasteiger partial charge in [-0.25, -0.2) is 4.98 Å². The van der Waals surface area contributed by atoms with E-state index in [2.05, 4.69) is 9.97 Å². The Bertz CT molecular complexity index is 276. The largest absolute Gasteiger partial charge is 0.483 e. The van der Waals surface area contributed by atoms with Gasteiger partial charge in [0.05, 0.1) is 6.20 Å². The molecule has 0 saturated heterocycles. The van der Waals surface area contributed by atoms with E-state index in [9.17, 15) is 4.79 Å². The molecular formula is C6H6N2O2S. The van der Waals surface area contributed by atoms with Crippen LogP contribution in [0.3, 0.4) is 0 Å². The van der Waals surface area contributed by atoms with Crippen molar-refractivity contribution in [1.29, 1.82) is 0 Å². The van der Waals surface area contributed by atoms with E-state index in [1.54, 1.807) is 6.20 Å². The van der Waals surface area contributed by atoms with Gasteiger partial charge in [0.25, 0.3) is 0 Å². The van der Waals surface area contributed by atoms with E-state index >= 15 is 0 Å². The van der Waals surface area contributed by atoms with Crippen LogP contribution in [0.25, 0.3) is 0 Å². The summed E-state index contributed by atoms with van der Waals surface area (Å²) in [4.78, 5) is 16.3. The minimum Gasteiger partial charge on any atom is -0.483 e. The van der Waals surface area contributed by atoms with Crippen molar-refractivity contribution in [3.8, 4) is 5.75 Å². The number of ether oxygens (including phenoxy) is 1. The van der Waals surface area contributed by atoms with Gasteiger partial charge in [-0.3, -0.25) is 4.79 Å². The quantitative estimate of drug-likeness (QED) is 0.536. The number of carbonyl (C=O) groups excluding carboxylic acids is 1. The molecule has 5 heteroatoms. The minimum atomic E-state index is 0.0340. The van der Waals surface area contributed by atoms with Crippen LogP contribution in [0.5, 0.6) is 5.75 Å². The molecule has 1 aromatic heterocycles. The van der Waals surface area contributed by atoms with Gasteiger partial charge in [-0.2, -0.15) is 0 Å². The van der Waals surface area contributed by atoms with Crippen molar-refractivity contribution in [3.05, 3.63) is 17.2 Å². The van der Waals surface area contributed by atoms with Crippen LogP contribution in [0.2, 0.25) is 0 Å². The molecule has 11 heavy (non-hydrogen) atoms. The third-order valence-corrected chi connectivity index (χ3v) is 1.19. The molecule has 0 atom stereocenters. The zero-order valence-electron chi connectivity index (χ0n) is 5.61. The molecule has 1 N–H and O–H groups in total. The Morgan fingerprint density at radius 2 is 2.64 bits per heavy atom. The summed E-state index contributed by atoms with van der Waals surface area (Å²) in [5, 5.41) is 0. The molecule has 0 spiro atoms. The molecule has 1 aromatic rings. The fourth-order valence-electron chi connectivity index (χ4n) is 0.539. The zero-order chi connectivity index (χ0) is 8.10. The van der Waals surface area contributed by atoms with Crippen molar-refractivity contribution in [2.45, 2.75) is 0 Å². The second kappa shape index (κ2) is 3.82. The molecule has 0 aliphatic rings. The minimum absolute atomic E-state index is 0.0340. The third kappa shape index (κ3) is 2.46. The number of aromatic nitrogens is 2. The van der Waals surface area contributed by atoms with Gasteiger partial charge in [0.2, 0.25) is 0 Å². The van der Waals surface area contributed by atoms with Gasteiger partial charge in [-0.15, -0.1) is 0 Å². The van der Waals surface area contributed by atoms with Crippen LogP contribution in [0.4, 0.5) is 0 Å². The van der Waals surface area contributed by atoms with Crippen LogP contribution in [0.1, 0.15) is 0 Å². The van der Waals surface area contributed by atoms with E-state index in [-0.39, 0.29) is 6.61 Å². The predicted octanol–water partition coefficient (Wildman–Crippen LogP) is 0.717. The van der Waals surface area contributed by atoms with Crippen LogP contribution in [0.15, 0.2) is 12.4 Å². The second-order valence-electron chi connectivity index (χ2n) is 1.73. The zero-order valence-corrected chi connectivity index (χ0v) is 6.43. The lowest BCUT2D eigenvalue weighted by Crippen LogP contribution is -1.98. The number of hydrogen-bond acceptors (Lipinski definition) is 4. The lowest BCUT2D eigenvalue weighted by Gasteiger charge is -1.98. The van der Waals surface area contributed by atoms with Crippen molar-refractivity contribution in [2.24, 2.45) is 0 Å². The third-order valence-electron chi connectivity index (χ3n) is 0.965. The summed E-state index contributed by atoms with van der Waals surface area (Å²) in [7, 11) is 0. The highest BCUT2D eigenvalue weighted by atomic mass is 32.1. The Balaban J connectivity index is 2.66. The molecule has 4 nitrogen and oxygen atoms in total. The van der Waals surface area contributed by atoms with Crippen LogP contribution in [0, 0.1) is 4.77 Å². The highest BCUT2D eigenvalue weighted by Gasteiger charge is 1.89. The van der Waals surface area contributed by atoms with Gasteiger partial charge in [0.1, 0.15) is 6.61 Å². The lowest BCUT2D eigenvalue weighted by atomic mass is 10.6. The molecule has 0 bridgehead atoms. The molecule has 0 fully saturated rings. The highest BCUT2D eigenvalue weighted by molar-refractivity contribution is 7.71. The number of nitrogens with zero attached hydrogens (tertiary/aromatic N) is 1. The van der Waals surface area contributed by atoms with Crippen molar-refractivity contribution >= 4 is 18.5 Å². The Morgan fingerprint density at radius 3 is 3.18 bits per heavy atom. The van der Waals surface area contributed by atoms with E-state index in [1.807, 2.05) is 0 Å². The van der Waals surface area contributed by atoms with Crippen LogP contribution in [-0.4, -0.2) is 22.9 Å². The molecule has 0 aromatic carbocycles. The average molecular weight is 170 g/mol. The first-order chi connectivity index (χ1) is 5.33. The van der Waals surface area contributed by atoms with Gasteiger partial charge >= 0.3 is 0 Å². The SMILES string of the molecule is O=CCOc1cnc(=S)[nH]c1. The maximum absolute atomic E-state index is 9.87. The maximum atomic E-state index is 9.87. The molecule has 0 aliphatic heterocycles. The Kier molecular flexibility index (Phi) is 2.74. The summed E-state index contributed by atoms with van der Waals surface area (Å²) in [5.74, 6) is 0.505. The fraction of sp³-hybridized carbons (Fsp3) is 0.167. The molecule has 0 saturated carbocycles. The number of carbonyl (C=O) groups is 1. The summed E-state index contributed by atoms with van der Waals surface area (Å²) in [6.45, 7) is 0.0340. The Labute approximate surface area is 68.2 Å². The van der Waals surface area contributed by atoms with Crippen molar-refractivity contribution in [3.63, 3.8) is 0 Å².